The highest BCUT2D eigenvalue weighted by Gasteiger charge is 2.33. The number of aryl methyl sites for hydroxylation is 1. The van der Waals surface area contributed by atoms with E-state index in [1.807, 2.05) is 6.92 Å². The zero-order chi connectivity index (χ0) is 20.3. The molecule has 1 aromatic heterocycles. The number of nitrogens with zero attached hydrogens (tertiary/aromatic N) is 3. The molecule has 7 heteroatoms. The lowest BCUT2D eigenvalue weighted by Crippen LogP contribution is -2.46. The minimum absolute atomic E-state index is 0.0977. The summed E-state index contributed by atoms with van der Waals surface area (Å²) in [7, 11) is 0. The predicted octanol–water partition coefficient (Wildman–Crippen LogP) is 2.77. The second-order valence-corrected chi connectivity index (χ2v) is 7.72. The third kappa shape index (κ3) is 4.08. The van der Waals surface area contributed by atoms with E-state index in [9.17, 15) is 19.5 Å². The summed E-state index contributed by atoms with van der Waals surface area (Å²) in [5, 5.41) is 14.8. The maximum Gasteiger partial charge on any atom is 0.308 e. The summed E-state index contributed by atoms with van der Waals surface area (Å²) >= 11 is 0. The number of aromatic nitrogens is 2. The van der Waals surface area contributed by atoms with Gasteiger partial charge in [-0.1, -0.05) is 44.9 Å². The van der Waals surface area contributed by atoms with Crippen molar-refractivity contribution in [3.63, 3.8) is 0 Å². The van der Waals surface area contributed by atoms with Crippen LogP contribution in [0, 0.1) is 11.8 Å². The molecule has 1 aliphatic rings. The molecule has 0 aliphatic carbocycles. The highest BCUT2D eigenvalue weighted by Crippen LogP contribution is 2.24. The molecule has 3 rings (SSSR count). The molecule has 1 fully saturated rings. The number of hydrogen-bond donors (Lipinski definition) is 1. The number of likely N-dealkylation sites (tertiary alicyclic amines) is 1. The first-order valence-electron chi connectivity index (χ1n) is 9.94. The van der Waals surface area contributed by atoms with E-state index in [2.05, 4.69) is 12.0 Å². The Kier molecular flexibility index (Phi) is 6.11. The average Bonchev–Trinajstić information content (AvgIpc) is 2.69. The monoisotopic (exact) mass is 385 g/mol. The molecule has 1 saturated heterocycles. The Balaban J connectivity index is 2.01. The maximum absolute atomic E-state index is 13.3. The van der Waals surface area contributed by atoms with E-state index in [-0.39, 0.29) is 29.6 Å². The number of aliphatic carboxylic acids is 1. The lowest BCUT2D eigenvalue weighted by molar-refractivity contribution is -0.143. The van der Waals surface area contributed by atoms with Crippen molar-refractivity contribution < 1.29 is 14.7 Å². The Morgan fingerprint density at radius 2 is 1.89 bits per heavy atom. The molecule has 1 aliphatic heterocycles. The summed E-state index contributed by atoms with van der Waals surface area (Å²) in [4.78, 5) is 39.1. The van der Waals surface area contributed by atoms with Crippen molar-refractivity contribution in [3.8, 4) is 0 Å². The van der Waals surface area contributed by atoms with Gasteiger partial charge < -0.3 is 10.0 Å². The summed E-state index contributed by atoms with van der Waals surface area (Å²) < 4.78 is 1.38. The van der Waals surface area contributed by atoms with Gasteiger partial charge >= 0.3 is 5.97 Å². The standard InChI is InChI=1S/C21H27N3O4/c1-3-4-7-10-24-19(25)17-9-6-5-8-16(17)18(22-24)20(26)23-12-14(2)11-15(13-23)21(27)28/h5-6,8-9,14-15H,3-4,7,10-13H2,1-2H3,(H,27,28). The van der Waals surface area contributed by atoms with Crippen LogP contribution >= 0.6 is 0 Å². The fourth-order valence-electron chi connectivity index (χ4n) is 3.90. The highest BCUT2D eigenvalue weighted by molar-refractivity contribution is 6.04. The topological polar surface area (TPSA) is 92.5 Å². The van der Waals surface area contributed by atoms with E-state index in [1.54, 1.807) is 29.2 Å². The Hall–Kier alpha value is -2.70. The Morgan fingerprint density at radius 1 is 1.18 bits per heavy atom. The number of fused-ring (bicyclic) bond motifs is 1. The smallest absolute Gasteiger partial charge is 0.308 e. The number of benzene rings is 1. The Labute approximate surface area is 164 Å². The first-order chi connectivity index (χ1) is 13.4. The Bertz CT molecular complexity index is 937. The van der Waals surface area contributed by atoms with Gasteiger partial charge in [0.15, 0.2) is 5.69 Å². The number of amides is 1. The molecule has 2 aromatic rings. The first kappa shape index (κ1) is 20.0. The SMILES string of the molecule is CCCCCn1nc(C(=O)N2CC(C)CC(C(=O)O)C2)c2ccccc2c1=O. The number of carbonyl (C=O) groups excluding carboxylic acids is 1. The van der Waals surface area contributed by atoms with Crippen LogP contribution in [0.4, 0.5) is 0 Å². The van der Waals surface area contributed by atoms with Crippen LogP contribution in [0.15, 0.2) is 29.1 Å². The molecule has 1 aromatic carbocycles. The molecule has 1 amide bonds. The molecular weight excluding hydrogens is 358 g/mol. The van der Waals surface area contributed by atoms with Crippen molar-refractivity contribution in [1.82, 2.24) is 14.7 Å². The van der Waals surface area contributed by atoms with Crippen LogP contribution in [0.1, 0.15) is 50.0 Å². The summed E-state index contributed by atoms with van der Waals surface area (Å²) in [5.74, 6) is -1.67. The third-order valence-electron chi connectivity index (χ3n) is 5.34. The fraction of sp³-hybridized carbons (Fsp3) is 0.524. The minimum atomic E-state index is -0.883. The van der Waals surface area contributed by atoms with E-state index in [0.29, 0.717) is 30.3 Å². The molecule has 2 heterocycles. The van der Waals surface area contributed by atoms with Crippen molar-refractivity contribution in [3.05, 3.63) is 40.3 Å². The van der Waals surface area contributed by atoms with Crippen LogP contribution in [0.25, 0.3) is 10.8 Å². The van der Waals surface area contributed by atoms with E-state index in [0.717, 1.165) is 19.3 Å². The molecular formula is C21H27N3O4. The summed E-state index contributed by atoms with van der Waals surface area (Å²) in [6, 6.07) is 7.00. The quantitative estimate of drug-likeness (QED) is 0.772. The molecule has 1 N–H and O–H groups in total. The molecule has 150 valence electrons. The third-order valence-corrected chi connectivity index (χ3v) is 5.34. The normalized spacial score (nSPS) is 19.7. The van der Waals surface area contributed by atoms with Crippen LogP contribution in [0.5, 0.6) is 0 Å². The van der Waals surface area contributed by atoms with Gasteiger partial charge in [-0.05, 0) is 24.8 Å². The van der Waals surface area contributed by atoms with Crippen LogP contribution < -0.4 is 5.56 Å². The van der Waals surface area contributed by atoms with E-state index in [4.69, 9.17) is 0 Å². The second-order valence-electron chi connectivity index (χ2n) is 7.72. The van der Waals surface area contributed by atoms with Gasteiger partial charge in [0.05, 0.1) is 11.3 Å². The molecule has 0 bridgehead atoms. The van der Waals surface area contributed by atoms with Gasteiger partial charge in [0.1, 0.15) is 0 Å². The van der Waals surface area contributed by atoms with Crippen molar-refractivity contribution in [2.45, 2.75) is 46.1 Å². The van der Waals surface area contributed by atoms with Crippen LogP contribution in [-0.4, -0.2) is 44.8 Å². The summed E-state index contributed by atoms with van der Waals surface area (Å²) in [6.45, 7) is 5.16. The molecule has 7 nitrogen and oxygen atoms in total. The molecule has 28 heavy (non-hydrogen) atoms. The molecule has 2 unspecified atom stereocenters. The zero-order valence-electron chi connectivity index (χ0n) is 16.4. The lowest BCUT2D eigenvalue weighted by Gasteiger charge is -2.34. The number of rotatable bonds is 6. The molecule has 2 atom stereocenters. The van der Waals surface area contributed by atoms with Crippen LogP contribution in [-0.2, 0) is 11.3 Å². The molecule has 0 saturated carbocycles. The van der Waals surface area contributed by atoms with Gasteiger partial charge in [-0.2, -0.15) is 5.10 Å². The van der Waals surface area contributed by atoms with Gasteiger partial charge in [-0.15, -0.1) is 0 Å². The van der Waals surface area contributed by atoms with Gasteiger partial charge in [0, 0.05) is 25.0 Å². The van der Waals surface area contributed by atoms with Gasteiger partial charge in [-0.25, -0.2) is 4.68 Å². The largest absolute Gasteiger partial charge is 0.481 e. The maximum atomic E-state index is 13.3. The minimum Gasteiger partial charge on any atom is -0.481 e. The van der Waals surface area contributed by atoms with Crippen molar-refractivity contribution >= 4 is 22.6 Å². The van der Waals surface area contributed by atoms with Gasteiger partial charge in [0.25, 0.3) is 11.5 Å². The number of carboxylic acid groups (broad SMARTS) is 1. The molecule has 0 spiro atoms. The predicted molar refractivity (Wildman–Crippen MR) is 106 cm³/mol. The number of piperidine rings is 1. The number of hydrogen-bond acceptors (Lipinski definition) is 4. The second kappa shape index (κ2) is 8.54. The highest BCUT2D eigenvalue weighted by atomic mass is 16.4. The number of unbranched alkanes of at least 4 members (excludes halogenated alkanes) is 2. The van der Waals surface area contributed by atoms with Crippen molar-refractivity contribution in [2.75, 3.05) is 13.1 Å². The molecule has 0 radical (unpaired) electrons. The van der Waals surface area contributed by atoms with Gasteiger partial charge in [0.2, 0.25) is 0 Å². The first-order valence-corrected chi connectivity index (χ1v) is 9.94. The van der Waals surface area contributed by atoms with Gasteiger partial charge in [-0.3, -0.25) is 14.4 Å². The van der Waals surface area contributed by atoms with E-state index in [1.165, 1.54) is 4.68 Å². The summed E-state index contributed by atoms with van der Waals surface area (Å²) in [6.07, 6.45) is 3.38. The van der Waals surface area contributed by atoms with Crippen LogP contribution in [0.3, 0.4) is 0 Å². The fourth-order valence-corrected chi connectivity index (χ4v) is 3.90. The van der Waals surface area contributed by atoms with E-state index >= 15 is 0 Å². The summed E-state index contributed by atoms with van der Waals surface area (Å²) in [5.41, 5.74) is 0.0311. The van der Waals surface area contributed by atoms with Crippen LogP contribution in [0.2, 0.25) is 0 Å². The number of carboxylic acids is 1. The average molecular weight is 385 g/mol. The van der Waals surface area contributed by atoms with Crippen molar-refractivity contribution in [2.24, 2.45) is 11.8 Å². The number of carbonyl (C=O) groups is 2. The zero-order valence-corrected chi connectivity index (χ0v) is 16.4. The van der Waals surface area contributed by atoms with E-state index < -0.39 is 11.9 Å². The van der Waals surface area contributed by atoms with Crippen molar-refractivity contribution in [1.29, 1.82) is 0 Å². The lowest BCUT2D eigenvalue weighted by atomic mass is 9.90. The Morgan fingerprint density at radius 3 is 2.57 bits per heavy atom.